The first-order chi connectivity index (χ1) is 7.60. The minimum Gasteiger partial charge on any atom is -0.494 e. The highest BCUT2D eigenvalue weighted by molar-refractivity contribution is 5.30. The summed E-state index contributed by atoms with van der Waals surface area (Å²) in [4.78, 5) is 0. The fourth-order valence-corrected chi connectivity index (χ4v) is 1.41. The molecule has 0 saturated heterocycles. The van der Waals surface area contributed by atoms with E-state index in [1.54, 1.807) is 7.05 Å². The van der Waals surface area contributed by atoms with Crippen LogP contribution >= 0.6 is 0 Å². The number of ether oxygens (including phenoxy) is 1. The van der Waals surface area contributed by atoms with Gasteiger partial charge in [-0.05, 0) is 24.7 Å². The van der Waals surface area contributed by atoms with Crippen molar-refractivity contribution in [1.82, 2.24) is 5.32 Å². The van der Waals surface area contributed by atoms with Crippen molar-refractivity contribution < 1.29 is 19.3 Å². The first-order valence-corrected chi connectivity index (χ1v) is 4.94. The van der Waals surface area contributed by atoms with Crippen LogP contribution < -0.4 is 10.1 Å². The molecule has 0 amide bonds. The molecule has 3 N–H and O–H groups in total. The Morgan fingerprint density at radius 1 is 1.44 bits per heavy atom. The number of aliphatic hydroxyl groups is 2. The van der Waals surface area contributed by atoms with Gasteiger partial charge < -0.3 is 20.3 Å². The molecule has 1 aromatic rings. The maximum Gasteiger partial charge on any atom is 0.165 e. The third-order valence-corrected chi connectivity index (χ3v) is 2.30. The van der Waals surface area contributed by atoms with E-state index in [0.717, 1.165) is 6.07 Å². The van der Waals surface area contributed by atoms with E-state index in [1.165, 1.54) is 19.2 Å². The molecule has 5 heteroatoms. The van der Waals surface area contributed by atoms with E-state index in [9.17, 15) is 14.6 Å². The molecular weight excluding hydrogens is 213 g/mol. The number of aliphatic hydroxyl groups excluding tert-OH is 2. The van der Waals surface area contributed by atoms with Gasteiger partial charge in [0.15, 0.2) is 11.6 Å². The molecule has 4 nitrogen and oxygen atoms in total. The van der Waals surface area contributed by atoms with Crippen molar-refractivity contribution in [2.75, 3.05) is 20.7 Å². The van der Waals surface area contributed by atoms with E-state index in [0.29, 0.717) is 5.56 Å². The van der Waals surface area contributed by atoms with Gasteiger partial charge in [0.1, 0.15) is 6.10 Å². The Bertz CT molecular complexity index is 346. The lowest BCUT2D eigenvalue weighted by atomic mass is 10.0. The van der Waals surface area contributed by atoms with Crippen molar-refractivity contribution in [1.29, 1.82) is 0 Å². The van der Waals surface area contributed by atoms with E-state index in [4.69, 9.17) is 4.74 Å². The summed E-state index contributed by atoms with van der Waals surface area (Å²) < 4.78 is 18.1. The molecule has 16 heavy (non-hydrogen) atoms. The molecule has 0 bridgehead atoms. The second-order valence-corrected chi connectivity index (χ2v) is 3.46. The highest BCUT2D eigenvalue weighted by Gasteiger charge is 2.18. The number of rotatable bonds is 5. The maximum atomic E-state index is 13.3. The molecule has 1 aromatic carbocycles. The summed E-state index contributed by atoms with van der Waals surface area (Å²) in [6.45, 7) is 0.231. The van der Waals surface area contributed by atoms with Crippen LogP contribution in [-0.2, 0) is 0 Å². The second kappa shape index (κ2) is 5.79. The Morgan fingerprint density at radius 3 is 2.62 bits per heavy atom. The van der Waals surface area contributed by atoms with Gasteiger partial charge in [-0.3, -0.25) is 0 Å². The fourth-order valence-electron chi connectivity index (χ4n) is 1.41. The first kappa shape index (κ1) is 12.9. The van der Waals surface area contributed by atoms with Crippen LogP contribution in [0.1, 0.15) is 11.7 Å². The molecular formula is C11H16FNO3. The fraction of sp³-hybridized carbons (Fsp3) is 0.455. The molecule has 0 spiro atoms. The van der Waals surface area contributed by atoms with Crippen molar-refractivity contribution in [2.24, 2.45) is 0 Å². The molecule has 1 rings (SSSR count). The second-order valence-electron chi connectivity index (χ2n) is 3.46. The van der Waals surface area contributed by atoms with Gasteiger partial charge in [-0.25, -0.2) is 4.39 Å². The predicted octanol–water partition coefficient (Wildman–Crippen LogP) is 0.448. The van der Waals surface area contributed by atoms with Crippen LogP contribution in [0.25, 0.3) is 0 Å². The van der Waals surface area contributed by atoms with Crippen LogP contribution in [0.3, 0.4) is 0 Å². The van der Waals surface area contributed by atoms with Crippen LogP contribution in [0.15, 0.2) is 18.2 Å². The van der Waals surface area contributed by atoms with E-state index < -0.39 is 18.0 Å². The van der Waals surface area contributed by atoms with Gasteiger partial charge in [0, 0.05) is 6.54 Å². The van der Waals surface area contributed by atoms with Crippen LogP contribution in [0, 0.1) is 5.82 Å². The summed E-state index contributed by atoms with van der Waals surface area (Å²) in [5.74, 6) is -0.449. The van der Waals surface area contributed by atoms with Crippen LogP contribution in [0.5, 0.6) is 5.75 Å². The first-order valence-electron chi connectivity index (χ1n) is 4.94. The molecule has 90 valence electrons. The number of hydrogen-bond acceptors (Lipinski definition) is 4. The third kappa shape index (κ3) is 2.91. The van der Waals surface area contributed by atoms with Gasteiger partial charge in [-0.15, -0.1) is 0 Å². The van der Waals surface area contributed by atoms with E-state index in [-0.39, 0.29) is 12.3 Å². The normalized spacial score (nSPS) is 14.6. The Labute approximate surface area is 93.7 Å². The number of hydrogen-bond donors (Lipinski definition) is 3. The summed E-state index contributed by atoms with van der Waals surface area (Å²) in [6.07, 6.45) is -2.09. The number of benzene rings is 1. The number of nitrogens with one attached hydrogen (secondary N) is 1. The Kier molecular flexibility index (Phi) is 4.67. The van der Waals surface area contributed by atoms with E-state index >= 15 is 0 Å². The smallest absolute Gasteiger partial charge is 0.165 e. The molecule has 0 fully saturated rings. The van der Waals surface area contributed by atoms with E-state index in [1.807, 2.05) is 0 Å². The molecule has 0 aliphatic heterocycles. The molecule has 0 aliphatic rings. The van der Waals surface area contributed by atoms with Crippen molar-refractivity contribution in [3.05, 3.63) is 29.6 Å². The molecule has 0 radical (unpaired) electrons. The summed E-state index contributed by atoms with van der Waals surface area (Å²) in [5, 5.41) is 22.0. The van der Waals surface area contributed by atoms with Crippen molar-refractivity contribution in [3.8, 4) is 5.75 Å². The molecule has 0 aromatic heterocycles. The zero-order valence-electron chi connectivity index (χ0n) is 9.27. The molecule has 0 saturated carbocycles. The minimum atomic E-state index is -1.12. The number of methoxy groups -OCH3 is 1. The van der Waals surface area contributed by atoms with Crippen LogP contribution in [0.4, 0.5) is 4.39 Å². The zero-order valence-corrected chi connectivity index (χ0v) is 9.27. The van der Waals surface area contributed by atoms with Crippen molar-refractivity contribution in [2.45, 2.75) is 12.2 Å². The summed E-state index contributed by atoms with van der Waals surface area (Å²) in [5.41, 5.74) is 0.320. The van der Waals surface area contributed by atoms with Gasteiger partial charge in [0.25, 0.3) is 0 Å². The Morgan fingerprint density at radius 2 is 2.12 bits per heavy atom. The minimum absolute atomic E-state index is 0.110. The summed E-state index contributed by atoms with van der Waals surface area (Å²) in [6, 6.07) is 4.09. The third-order valence-electron chi connectivity index (χ3n) is 2.30. The lowest BCUT2D eigenvalue weighted by molar-refractivity contribution is 0.0200. The topological polar surface area (TPSA) is 61.7 Å². The lowest BCUT2D eigenvalue weighted by Crippen LogP contribution is -2.29. The van der Waals surface area contributed by atoms with Crippen molar-refractivity contribution in [3.63, 3.8) is 0 Å². The van der Waals surface area contributed by atoms with Gasteiger partial charge in [-0.2, -0.15) is 0 Å². The average molecular weight is 229 g/mol. The monoisotopic (exact) mass is 229 g/mol. The Balaban J connectivity index is 2.84. The molecule has 0 heterocycles. The quantitative estimate of drug-likeness (QED) is 0.686. The molecule has 0 aliphatic carbocycles. The largest absolute Gasteiger partial charge is 0.494 e. The average Bonchev–Trinajstić information content (AvgIpc) is 2.28. The van der Waals surface area contributed by atoms with Gasteiger partial charge >= 0.3 is 0 Å². The standard InChI is InChI=1S/C11H16FNO3/c1-13-6-9(14)11(15)7-3-4-10(16-2)8(12)5-7/h3-5,9,11,13-15H,6H2,1-2H3. The maximum absolute atomic E-state index is 13.3. The molecule has 2 atom stereocenters. The van der Waals surface area contributed by atoms with Gasteiger partial charge in [0.05, 0.1) is 13.2 Å². The molecule has 2 unspecified atom stereocenters. The number of likely N-dealkylation sites (N-methyl/N-ethyl adjacent to an activating group) is 1. The summed E-state index contributed by atoms with van der Waals surface area (Å²) in [7, 11) is 3.02. The number of halogens is 1. The van der Waals surface area contributed by atoms with Gasteiger partial charge in [0.2, 0.25) is 0 Å². The van der Waals surface area contributed by atoms with Crippen LogP contribution in [0.2, 0.25) is 0 Å². The highest BCUT2D eigenvalue weighted by atomic mass is 19.1. The van der Waals surface area contributed by atoms with Crippen molar-refractivity contribution >= 4 is 0 Å². The summed E-state index contributed by atoms with van der Waals surface area (Å²) >= 11 is 0. The zero-order chi connectivity index (χ0) is 12.1. The predicted molar refractivity (Wildman–Crippen MR) is 57.8 cm³/mol. The lowest BCUT2D eigenvalue weighted by Gasteiger charge is -2.18. The van der Waals surface area contributed by atoms with E-state index in [2.05, 4.69) is 5.32 Å². The highest BCUT2D eigenvalue weighted by Crippen LogP contribution is 2.23. The van der Waals surface area contributed by atoms with Crippen LogP contribution in [-0.4, -0.2) is 37.0 Å². The van der Waals surface area contributed by atoms with Gasteiger partial charge in [-0.1, -0.05) is 6.07 Å². The Hall–Kier alpha value is -1.17. The SMILES string of the molecule is CNCC(O)C(O)c1ccc(OC)c(F)c1.